The minimum Gasteiger partial charge on any atom is -0.461 e. The van der Waals surface area contributed by atoms with E-state index in [1.165, 1.54) is 31.3 Å². The van der Waals surface area contributed by atoms with Crippen molar-refractivity contribution in [3.63, 3.8) is 0 Å². The van der Waals surface area contributed by atoms with E-state index in [9.17, 15) is 18.0 Å². The highest BCUT2D eigenvalue weighted by Gasteiger charge is 2.40. The van der Waals surface area contributed by atoms with Crippen LogP contribution >= 0.6 is 0 Å². The minimum atomic E-state index is -4.70. The molecule has 7 heteroatoms. The van der Waals surface area contributed by atoms with Gasteiger partial charge in [-0.25, -0.2) is 9.78 Å². The summed E-state index contributed by atoms with van der Waals surface area (Å²) in [6.07, 6.45) is -3.36. The maximum atomic E-state index is 12.8. The van der Waals surface area contributed by atoms with Gasteiger partial charge in [0.15, 0.2) is 11.4 Å². The third kappa shape index (κ3) is 2.03. The van der Waals surface area contributed by atoms with Gasteiger partial charge in [-0.2, -0.15) is 13.2 Å². The molecule has 0 aliphatic rings. The number of imidazole rings is 1. The number of alkyl halides is 3. The molecule has 0 atom stereocenters. The summed E-state index contributed by atoms with van der Waals surface area (Å²) in [5, 5.41) is 0. The Kier molecular flexibility index (Phi) is 2.98. The molecule has 2 aromatic heterocycles. The monoisotopic (exact) mass is 258 g/mol. The van der Waals surface area contributed by atoms with E-state index in [0.29, 0.717) is 0 Å². The molecule has 0 N–H and O–H groups in total. The molecule has 2 heterocycles. The Labute approximate surface area is 100 Å². The molecule has 18 heavy (non-hydrogen) atoms. The standard InChI is InChI=1S/C11H9F3N2O2/c1-2-18-10(17)8-9(11(12,13)14)15-7-5-3-4-6-16(7)8/h3-6H,2H2,1H3. The van der Waals surface area contributed by atoms with Crippen LogP contribution in [0, 0.1) is 0 Å². The summed E-state index contributed by atoms with van der Waals surface area (Å²) in [6, 6.07) is 4.44. The maximum Gasteiger partial charge on any atom is 0.435 e. The number of ether oxygens (including phenoxy) is 1. The van der Waals surface area contributed by atoms with Crippen molar-refractivity contribution in [2.75, 3.05) is 6.61 Å². The van der Waals surface area contributed by atoms with Gasteiger partial charge in [0.1, 0.15) is 5.65 Å². The topological polar surface area (TPSA) is 43.6 Å². The third-order valence-corrected chi connectivity index (χ3v) is 2.27. The molecule has 4 nitrogen and oxygen atoms in total. The predicted molar refractivity (Wildman–Crippen MR) is 56.2 cm³/mol. The smallest absolute Gasteiger partial charge is 0.435 e. The highest BCUT2D eigenvalue weighted by Crippen LogP contribution is 2.32. The summed E-state index contributed by atoms with van der Waals surface area (Å²) in [5.74, 6) is -1.04. The molecule has 0 unspecified atom stereocenters. The number of carbonyl (C=O) groups excluding carboxylic acids is 1. The summed E-state index contributed by atoms with van der Waals surface area (Å²) in [6.45, 7) is 1.52. The van der Waals surface area contributed by atoms with Crippen LogP contribution in [-0.4, -0.2) is 22.0 Å². The zero-order valence-corrected chi connectivity index (χ0v) is 9.36. The number of pyridine rings is 1. The number of hydrogen-bond donors (Lipinski definition) is 0. The number of fused-ring (bicyclic) bond motifs is 1. The lowest BCUT2D eigenvalue weighted by atomic mass is 10.3. The average molecular weight is 258 g/mol. The molecular weight excluding hydrogens is 249 g/mol. The van der Waals surface area contributed by atoms with Crippen LogP contribution in [0.15, 0.2) is 24.4 Å². The Hall–Kier alpha value is -2.05. The van der Waals surface area contributed by atoms with Crippen LogP contribution in [0.2, 0.25) is 0 Å². The van der Waals surface area contributed by atoms with E-state index in [0.717, 1.165) is 4.40 Å². The number of aromatic nitrogens is 2. The quantitative estimate of drug-likeness (QED) is 0.777. The Morgan fingerprint density at radius 3 is 2.78 bits per heavy atom. The van der Waals surface area contributed by atoms with Gasteiger partial charge in [-0.1, -0.05) is 6.07 Å². The molecule has 0 amide bonds. The second kappa shape index (κ2) is 4.32. The molecule has 2 rings (SSSR count). The summed E-state index contributed by atoms with van der Waals surface area (Å²) in [7, 11) is 0. The number of carbonyl (C=O) groups is 1. The largest absolute Gasteiger partial charge is 0.461 e. The van der Waals surface area contributed by atoms with Crippen LogP contribution in [0.4, 0.5) is 13.2 Å². The van der Waals surface area contributed by atoms with Gasteiger partial charge in [0, 0.05) is 6.20 Å². The SMILES string of the molecule is CCOC(=O)c1c(C(F)(F)F)nc2ccccn12. The molecule has 0 spiro atoms. The van der Waals surface area contributed by atoms with Gasteiger partial charge in [-0.15, -0.1) is 0 Å². The van der Waals surface area contributed by atoms with E-state index in [-0.39, 0.29) is 12.3 Å². The molecule has 0 saturated carbocycles. The summed E-state index contributed by atoms with van der Waals surface area (Å²) in [4.78, 5) is 15.0. The Balaban J connectivity index is 2.69. The van der Waals surface area contributed by atoms with Gasteiger partial charge < -0.3 is 4.74 Å². The number of halogens is 3. The number of rotatable bonds is 2. The molecule has 0 bridgehead atoms. The molecule has 0 saturated heterocycles. The summed E-state index contributed by atoms with van der Waals surface area (Å²) >= 11 is 0. The maximum absolute atomic E-state index is 12.8. The van der Waals surface area contributed by atoms with Crippen molar-refractivity contribution >= 4 is 11.6 Å². The third-order valence-electron chi connectivity index (χ3n) is 2.27. The second-order valence-corrected chi connectivity index (χ2v) is 3.46. The number of nitrogens with zero attached hydrogens (tertiary/aromatic N) is 2. The zero-order valence-electron chi connectivity index (χ0n) is 9.36. The van der Waals surface area contributed by atoms with Gasteiger partial charge in [-0.3, -0.25) is 4.40 Å². The van der Waals surface area contributed by atoms with Crippen LogP contribution in [0.3, 0.4) is 0 Å². The van der Waals surface area contributed by atoms with Crippen LogP contribution in [0.5, 0.6) is 0 Å². The van der Waals surface area contributed by atoms with Crippen molar-refractivity contribution in [2.45, 2.75) is 13.1 Å². The minimum absolute atomic E-state index is 0.00377. The molecule has 96 valence electrons. The van der Waals surface area contributed by atoms with Gasteiger partial charge in [0.2, 0.25) is 0 Å². The lowest BCUT2D eigenvalue weighted by Crippen LogP contribution is -2.16. The van der Waals surface area contributed by atoms with E-state index in [1.54, 1.807) is 0 Å². The average Bonchev–Trinajstić information content (AvgIpc) is 2.68. The normalized spacial score (nSPS) is 11.8. The van der Waals surface area contributed by atoms with E-state index in [1.807, 2.05) is 0 Å². The first-order valence-electron chi connectivity index (χ1n) is 5.16. The molecule has 0 aliphatic carbocycles. The molecular formula is C11H9F3N2O2. The van der Waals surface area contributed by atoms with Crippen LogP contribution in [-0.2, 0) is 10.9 Å². The van der Waals surface area contributed by atoms with Crippen molar-refractivity contribution in [3.05, 3.63) is 35.8 Å². The van der Waals surface area contributed by atoms with Gasteiger partial charge >= 0.3 is 12.1 Å². The van der Waals surface area contributed by atoms with Crippen molar-refractivity contribution in [1.29, 1.82) is 0 Å². The number of hydrogen-bond acceptors (Lipinski definition) is 3. The molecule has 0 aliphatic heterocycles. The zero-order chi connectivity index (χ0) is 13.3. The van der Waals surface area contributed by atoms with Crippen molar-refractivity contribution < 1.29 is 22.7 Å². The van der Waals surface area contributed by atoms with Crippen molar-refractivity contribution in [2.24, 2.45) is 0 Å². The summed E-state index contributed by atoms with van der Waals surface area (Å²) in [5.41, 5.74) is -1.78. The van der Waals surface area contributed by atoms with Gasteiger partial charge in [0.25, 0.3) is 0 Å². The highest BCUT2D eigenvalue weighted by molar-refractivity contribution is 5.90. The fourth-order valence-electron chi connectivity index (χ4n) is 1.59. The fourth-order valence-corrected chi connectivity index (χ4v) is 1.59. The van der Waals surface area contributed by atoms with Crippen LogP contribution < -0.4 is 0 Å². The van der Waals surface area contributed by atoms with Gasteiger partial charge in [0.05, 0.1) is 6.61 Å². The Morgan fingerprint density at radius 1 is 1.44 bits per heavy atom. The highest BCUT2D eigenvalue weighted by atomic mass is 19.4. The van der Waals surface area contributed by atoms with Crippen molar-refractivity contribution in [3.8, 4) is 0 Å². The van der Waals surface area contributed by atoms with E-state index in [2.05, 4.69) is 9.72 Å². The number of esters is 1. The lowest BCUT2D eigenvalue weighted by molar-refractivity contribution is -0.141. The van der Waals surface area contributed by atoms with Crippen LogP contribution in [0.25, 0.3) is 5.65 Å². The molecule has 2 aromatic rings. The van der Waals surface area contributed by atoms with E-state index in [4.69, 9.17) is 0 Å². The molecule has 0 fully saturated rings. The van der Waals surface area contributed by atoms with E-state index >= 15 is 0 Å². The molecule has 0 aromatic carbocycles. The lowest BCUT2D eigenvalue weighted by Gasteiger charge is -2.06. The Morgan fingerprint density at radius 2 is 2.17 bits per heavy atom. The predicted octanol–water partition coefficient (Wildman–Crippen LogP) is 2.53. The van der Waals surface area contributed by atoms with Crippen molar-refractivity contribution in [1.82, 2.24) is 9.38 Å². The Bertz CT molecular complexity index is 589. The van der Waals surface area contributed by atoms with Crippen LogP contribution in [0.1, 0.15) is 23.1 Å². The second-order valence-electron chi connectivity index (χ2n) is 3.46. The molecule has 0 radical (unpaired) electrons. The first kappa shape index (κ1) is 12.4. The van der Waals surface area contributed by atoms with E-state index < -0.39 is 23.5 Å². The fraction of sp³-hybridized carbons (Fsp3) is 0.273. The first-order valence-corrected chi connectivity index (χ1v) is 5.16. The first-order chi connectivity index (χ1) is 8.45. The van der Waals surface area contributed by atoms with Gasteiger partial charge in [-0.05, 0) is 19.1 Å². The summed E-state index contributed by atoms with van der Waals surface area (Å²) < 4.78 is 44.1.